The summed E-state index contributed by atoms with van der Waals surface area (Å²) in [5.41, 5.74) is 0.501. The lowest BCUT2D eigenvalue weighted by Gasteiger charge is -2.10. The van der Waals surface area contributed by atoms with Crippen molar-refractivity contribution in [3.05, 3.63) is 34.1 Å². The van der Waals surface area contributed by atoms with E-state index in [2.05, 4.69) is 21.2 Å². The zero-order valence-electron chi connectivity index (χ0n) is 10.5. The van der Waals surface area contributed by atoms with Crippen molar-refractivity contribution < 1.29 is 19.1 Å². The molecule has 104 valence electrons. The molecule has 0 heterocycles. The van der Waals surface area contributed by atoms with Gasteiger partial charge in [0, 0.05) is 16.9 Å². The molecule has 1 aromatic rings. The second-order valence-electron chi connectivity index (χ2n) is 4.28. The Morgan fingerprint density at radius 3 is 2.79 bits per heavy atom. The molecule has 1 aromatic carbocycles. The molecule has 2 N–H and O–H groups in total. The van der Waals surface area contributed by atoms with Crippen LogP contribution in [0.15, 0.2) is 22.7 Å². The van der Waals surface area contributed by atoms with Gasteiger partial charge in [-0.25, -0.2) is 4.39 Å². The molecule has 0 aliphatic rings. The number of hydrogen-bond donors (Lipinski definition) is 2. The molecule has 0 aliphatic heterocycles. The molecule has 1 amide bonds. The second kappa shape index (κ2) is 7.23. The van der Waals surface area contributed by atoms with Gasteiger partial charge in [-0.15, -0.1) is 0 Å². The second-order valence-corrected chi connectivity index (χ2v) is 5.19. The minimum Gasteiger partial charge on any atom is -0.481 e. The van der Waals surface area contributed by atoms with E-state index in [1.165, 1.54) is 6.07 Å². The topological polar surface area (TPSA) is 66.4 Å². The molecule has 19 heavy (non-hydrogen) atoms. The predicted octanol–water partition coefficient (Wildman–Crippen LogP) is 2.36. The van der Waals surface area contributed by atoms with E-state index in [9.17, 15) is 14.0 Å². The fraction of sp³-hybridized carbons (Fsp3) is 0.385. The molecule has 4 nitrogen and oxygen atoms in total. The molecule has 0 saturated heterocycles. The van der Waals surface area contributed by atoms with Gasteiger partial charge in [0.1, 0.15) is 5.82 Å². The standard InChI is InChI=1S/C13H15BrFNO3/c1-8(6-12(17)18)13(19)16-5-4-9-7-10(14)2-3-11(9)15/h2-3,7-8H,4-6H2,1H3,(H,16,19)(H,17,18). The smallest absolute Gasteiger partial charge is 0.304 e. The fourth-order valence-corrected chi connectivity index (χ4v) is 1.99. The van der Waals surface area contributed by atoms with Crippen molar-refractivity contribution in [2.45, 2.75) is 19.8 Å². The monoisotopic (exact) mass is 331 g/mol. The molecule has 1 atom stereocenters. The number of hydrogen-bond acceptors (Lipinski definition) is 2. The van der Waals surface area contributed by atoms with E-state index >= 15 is 0 Å². The van der Waals surface area contributed by atoms with E-state index in [4.69, 9.17) is 5.11 Å². The van der Waals surface area contributed by atoms with Crippen LogP contribution in [0.3, 0.4) is 0 Å². The predicted molar refractivity (Wildman–Crippen MR) is 72.2 cm³/mol. The molecule has 0 saturated carbocycles. The highest BCUT2D eigenvalue weighted by atomic mass is 79.9. The minimum absolute atomic E-state index is 0.211. The van der Waals surface area contributed by atoms with E-state index in [0.29, 0.717) is 12.0 Å². The maximum Gasteiger partial charge on any atom is 0.304 e. The lowest BCUT2D eigenvalue weighted by Crippen LogP contribution is -2.32. The summed E-state index contributed by atoms with van der Waals surface area (Å²) in [5, 5.41) is 11.2. The molecule has 0 spiro atoms. The number of amides is 1. The number of carboxylic acid groups (broad SMARTS) is 1. The lowest BCUT2D eigenvalue weighted by atomic mass is 10.1. The van der Waals surface area contributed by atoms with Gasteiger partial charge < -0.3 is 10.4 Å². The van der Waals surface area contributed by atoms with Gasteiger partial charge in [-0.3, -0.25) is 9.59 Å². The molecule has 6 heteroatoms. The van der Waals surface area contributed by atoms with Crippen LogP contribution in [0.2, 0.25) is 0 Å². The van der Waals surface area contributed by atoms with Crippen molar-refractivity contribution in [1.82, 2.24) is 5.32 Å². The quantitative estimate of drug-likeness (QED) is 0.840. The summed E-state index contributed by atoms with van der Waals surface area (Å²) in [6, 6.07) is 4.61. The van der Waals surface area contributed by atoms with Gasteiger partial charge in [0.2, 0.25) is 5.91 Å². The summed E-state index contributed by atoms with van der Waals surface area (Å²) < 4.78 is 14.2. The van der Waals surface area contributed by atoms with E-state index in [1.54, 1.807) is 19.1 Å². The van der Waals surface area contributed by atoms with Gasteiger partial charge in [-0.1, -0.05) is 22.9 Å². The third kappa shape index (κ3) is 5.38. The number of carboxylic acids is 1. The van der Waals surface area contributed by atoms with E-state index in [-0.39, 0.29) is 24.7 Å². The molecule has 0 bridgehead atoms. The van der Waals surface area contributed by atoms with Crippen LogP contribution >= 0.6 is 15.9 Å². The first kappa shape index (κ1) is 15.6. The number of nitrogens with one attached hydrogen (secondary N) is 1. The third-order valence-electron chi connectivity index (χ3n) is 2.63. The van der Waals surface area contributed by atoms with E-state index in [1.807, 2.05) is 0 Å². The zero-order chi connectivity index (χ0) is 14.4. The van der Waals surface area contributed by atoms with Crippen LogP contribution in [0.1, 0.15) is 18.9 Å². The van der Waals surface area contributed by atoms with E-state index in [0.717, 1.165) is 4.47 Å². The molecule has 0 fully saturated rings. The summed E-state index contributed by atoms with van der Waals surface area (Å²) in [7, 11) is 0. The van der Waals surface area contributed by atoms with Gasteiger partial charge in [0.05, 0.1) is 6.42 Å². The van der Waals surface area contributed by atoms with Gasteiger partial charge in [-0.05, 0) is 30.2 Å². The first-order valence-electron chi connectivity index (χ1n) is 5.83. The van der Waals surface area contributed by atoms with Crippen LogP contribution in [0, 0.1) is 11.7 Å². The Labute approximate surface area is 119 Å². The number of aliphatic carboxylic acids is 1. The van der Waals surface area contributed by atoms with Crippen LogP contribution < -0.4 is 5.32 Å². The average Bonchev–Trinajstić information content (AvgIpc) is 2.32. The highest BCUT2D eigenvalue weighted by Gasteiger charge is 2.15. The first-order valence-corrected chi connectivity index (χ1v) is 6.63. The molecule has 0 aliphatic carbocycles. The van der Waals surface area contributed by atoms with Crippen molar-refractivity contribution in [1.29, 1.82) is 0 Å². The van der Waals surface area contributed by atoms with Gasteiger partial charge >= 0.3 is 5.97 Å². The van der Waals surface area contributed by atoms with Crippen LogP contribution in [0.5, 0.6) is 0 Å². The van der Waals surface area contributed by atoms with Gasteiger partial charge in [0.15, 0.2) is 0 Å². The summed E-state index contributed by atoms with van der Waals surface area (Å²) in [5.74, 6) is -2.26. The number of rotatable bonds is 6. The summed E-state index contributed by atoms with van der Waals surface area (Å²) in [6.45, 7) is 1.82. The van der Waals surface area contributed by atoms with Crippen molar-refractivity contribution in [3.63, 3.8) is 0 Å². The summed E-state index contributed by atoms with van der Waals surface area (Å²) in [6.07, 6.45) is 0.147. The molecule has 1 unspecified atom stereocenters. The molecular formula is C13H15BrFNO3. The average molecular weight is 332 g/mol. The summed E-state index contributed by atoms with van der Waals surface area (Å²) in [4.78, 5) is 22.0. The van der Waals surface area contributed by atoms with Crippen LogP contribution in [0.25, 0.3) is 0 Å². The lowest BCUT2D eigenvalue weighted by molar-refractivity contribution is -0.140. The normalized spacial score (nSPS) is 11.9. The maximum atomic E-state index is 13.4. The fourth-order valence-electron chi connectivity index (χ4n) is 1.58. The number of carbonyl (C=O) groups excluding carboxylic acids is 1. The Balaban J connectivity index is 2.43. The Morgan fingerprint density at radius 2 is 2.16 bits per heavy atom. The molecule has 1 rings (SSSR count). The third-order valence-corrected chi connectivity index (χ3v) is 3.12. The van der Waals surface area contributed by atoms with Crippen molar-refractivity contribution in [3.8, 4) is 0 Å². The summed E-state index contributed by atoms with van der Waals surface area (Å²) >= 11 is 3.25. The first-order chi connectivity index (χ1) is 8.90. The van der Waals surface area contributed by atoms with Crippen LogP contribution in [-0.4, -0.2) is 23.5 Å². The number of halogens is 2. The Bertz CT molecular complexity index is 479. The van der Waals surface area contributed by atoms with Gasteiger partial charge in [0.25, 0.3) is 0 Å². The highest BCUT2D eigenvalue weighted by molar-refractivity contribution is 9.10. The largest absolute Gasteiger partial charge is 0.481 e. The van der Waals surface area contributed by atoms with Crippen molar-refractivity contribution in [2.24, 2.45) is 5.92 Å². The van der Waals surface area contributed by atoms with E-state index < -0.39 is 11.9 Å². The van der Waals surface area contributed by atoms with Crippen molar-refractivity contribution in [2.75, 3.05) is 6.54 Å². The Hall–Kier alpha value is -1.43. The van der Waals surface area contributed by atoms with Crippen molar-refractivity contribution >= 4 is 27.8 Å². The van der Waals surface area contributed by atoms with Crippen LogP contribution in [0.4, 0.5) is 4.39 Å². The molecule has 0 radical (unpaired) electrons. The zero-order valence-corrected chi connectivity index (χ0v) is 12.0. The number of carbonyl (C=O) groups is 2. The SMILES string of the molecule is CC(CC(=O)O)C(=O)NCCc1cc(Br)ccc1F. The maximum absolute atomic E-state index is 13.4. The Kier molecular flexibility index (Phi) is 5.95. The van der Waals surface area contributed by atoms with Gasteiger partial charge in [-0.2, -0.15) is 0 Å². The van der Waals surface area contributed by atoms with Crippen LogP contribution in [-0.2, 0) is 16.0 Å². The Morgan fingerprint density at radius 1 is 1.47 bits per heavy atom. The number of benzene rings is 1. The molecular weight excluding hydrogens is 317 g/mol. The minimum atomic E-state index is -1.01. The molecule has 0 aromatic heterocycles. The highest BCUT2D eigenvalue weighted by Crippen LogP contribution is 2.15.